The van der Waals surface area contributed by atoms with E-state index in [9.17, 15) is 0 Å². The zero-order chi connectivity index (χ0) is 21.5. The Hall–Kier alpha value is -3.23. The molecular weight excluding hydrogens is 430 g/mol. The number of hydrogen-bond acceptors (Lipinski definition) is 6. The fraction of sp³-hybridized carbons (Fsp3) is 0.130. The molecule has 0 aliphatic heterocycles. The van der Waals surface area contributed by atoms with Crippen molar-refractivity contribution < 1.29 is 14.2 Å². The highest BCUT2D eigenvalue weighted by molar-refractivity contribution is 7.98. The number of rotatable bonds is 9. The summed E-state index contributed by atoms with van der Waals surface area (Å²) in [4.78, 5) is 3.00. The van der Waals surface area contributed by atoms with Gasteiger partial charge in [0.05, 0.1) is 5.75 Å². The summed E-state index contributed by atoms with van der Waals surface area (Å²) in [5.41, 5.74) is -0.163. The molecule has 0 saturated heterocycles. The van der Waals surface area contributed by atoms with Gasteiger partial charge < -0.3 is 19.2 Å². The average molecular weight is 452 g/mol. The third-order valence-electron chi connectivity index (χ3n) is 4.16. The first kappa shape index (κ1) is 21.0. The van der Waals surface area contributed by atoms with E-state index < -0.39 is 0 Å². The average Bonchev–Trinajstić information content (AvgIpc) is 3.21. The Morgan fingerprint density at radius 3 is 2.19 bits per heavy atom. The summed E-state index contributed by atoms with van der Waals surface area (Å²) < 4.78 is 18.7. The van der Waals surface area contributed by atoms with Crippen LogP contribution in [0.4, 0.5) is 0 Å². The molecule has 4 rings (SSSR count). The fourth-order valence-corrected chi connectivity index (χ4v) is 3.62. The minimum absolute atomic E-state index is 0.163. The summed E-state index contributed by atoms with van der Waals surface area (Å²) in [6, 6.07) is 24.8. The first-order chi connectivity index (χ1) is 15.2. The van der Waals surface area contributed by atoms with Gasteiger partial charge in [0.25, 0.3) is 0 Å². The number of benzene rings is 3. The van der Waals surface area contributed by atoms with Crippen LogP contribution in [0.3, 0.4) is 0 Å². The molecule has 6 nitrogen and oxygen atoms in total. The van der Waals surface area contributed by atoms with Crippen LogP contribution in [0.25, 0.3) is 0 Å². The molecular formula is C23H21N3O3S2. The lowest BCUT2D eigenvalue weighted by Crippen LogP contribution is -2.08. The third kappa shape index (κ3) is 6.13. The van der Waals surface area contributed by atoms with Crippen molar-refractivity contribution in [1.29, 1.82) is 0 Å². The highest BCUT2D eigenvalue weighted by atomic mass is 32.2. The van der Waals surface area contributed by atoms with Crippen LogP contribution >= 0.6 is 24.0 Å². The largest absolute Gasteiger partial charge is 0.476 e. The zero-order valence-electron chi connectivity index (χ0n) is 16.8. The molecule has 1 atom stereocenters. The summed E-state index contributed by atoms with van der Waals surface area (Å²) in [7, 11) is 0. The molecule has 0 saturated carbocycles. The number of aromatic nitrogens is 3. The van der Waals surface area contributed by atoms with Crippen LogP contribution in [-0.4, -0.2) is 20.6 Å². The minimum Gasteiger partial charge on any atom is -0.476 e. The molecule has 0 aliphatic carbocycles. The standard InChI is InChI=1S/C23H21N3O3S2/c1-16(31-15-22-24-23(30)26-25-22)27-21-14-19(28-17-8-4-2-5-9-17)12-13-20(21)29-18-10-6-3-7-11-18/h2-14,16H,15H2,1H3,(H2,24,25,26,30). The molecule has 4 aromatic rings. The van der Waals surface area contributed by atoms with Gasteiger partial charge in [-0.25, -0.2) is 0 Å². The maximum Gasteiger partial charge on any atom is 0.192 e. The third-order valence-corrected chi connectivity index (χ3v) is 5.36. The van der Waals surface area contributed by atoms with Crippen LogP contribution in [0.2, 0.25) is 0 Å². The van der Waals surface area contributed by atoms with Gasteiger partial charge in [-0.2, -0.15) is 5.10 Å². The van der Waals surface area contributed by atoms with Gasteiger partial charge in [-0.3, -0.25) is 5.10 Å². The van der Waals surface area contributed by atoms with Crippen LogP contribution in [0.5, 0.6) is 28.7 Å². The Labute approximate surface area is 189 Å². The summed E-state index contributed by atoms with van der Waals surface area (Å²) in [5.74, 6) is 4.74. The monoisotopic (exact) mass is 451 g/mol. The molecule has 1 unspecified atom stereocenters. The van der Waals surface area contributed by atoms with Gasteiger partial charge in [0.2, 0.25) is 0 Å². The molecule has 0 aliphatic rings. The highest BCUT2D eigenvalue weighted by Gasteiger charge is 2.14. The number of H-pyrrole nitrogens is 2. The fourth-order valence-electron chi connectivity index (χ4n) is 2.75. The quantitative estimate of drug-likeness (QED) is 0.218. The summed E-state index contributed by atoms with van der Waals surface area (Å²) in [6.07, 6.45) is 0. The summed E-state index contributed by atoms with van der Waals surface area (Å²) in [6.45, 7) is 1.98. The lowest BCUT2D eigenvalue weighted by Gasteiger charge is -2.18. The van der Waals surface area contributed by atoms with Crippen molar-refractivity contribution in [3.05, 3.63) is 89.5 Å². The molecule has 0 fully saturated rings. The van der Waals surface area contributed by atoms with Gasteiger partial charge in [-0.1, -0.05) is 36.4 Å². The van der Waals surface area contributed by atoms with E-state index in [0.717, 1.165) is 17.3 Å². The van der Waals surface area contributed by atoms with E-state index in [4.69, 9.17) is 26.4 Å². The van der Waals surface area contributed by atoms with Crippen molar-refractivity contribution >= 4 is 24.0 Å². The molecule has 3 aromatic carbocycles. The Kier molecular flexibility index (Phi) is 6.91. The molecule has 0 radical (unpaired) electrons. The maximum atomic E-state index is 6.20. The van der Waals surface area contributed by atoms with Gasteiger partial charge in [0.1, 0.15) is 28.5 Å². The van der Waals surface area contributed by atoms with Crippen LogP contribution < -0.4 is 14.2 Å². The highest BCUT2D eigenvalue weighted by Crippen LogP contribution is 2.38. The number of para-hydroxylation sites is 2. The van der Waals surface area contributed by atoms with Gasteiger partial charge in [0.15, 0.2) is 16.3 Å². The molecule has 0 amide bonds. The smallest absolute Gasteiger partial charge is 0.192 e. The number of nitrogens with one attached hydrogen (secondary N) is 2. The molecule has 31 heavy (non-hydrogen) atoms. The maximum absolute atomic E-state index is 6.20. The number of aromatic amines is 2. The van der Waals surface area contributed by atoms with Gasteiger partial charge in [-0.05, 0) is 55.5 Å². The van der Waals surface area contributed by atoms with E-state index in [-0.39, 0.29) is 5.44 Å². The molecule has 0 bridgehead atoms. The van der Waals surface area contributed by atoms with E-state index >= 15 is 0 Å². The van der Waals surface area contributed by atoms with Gasteiger partial charge in [-0.15, -0.1) is 11.8 Å². The van der Waals surface area contributed by atoms with Crippen molar-refractivity contribution in [2.24, 2.45) is 0 Å². The van der Waals surface area contributed by atoms with Crippen molar-refractivity contribution in [2.75, 3.05) is 0 Å². The van der Waals surface area contributed by atoms with Crippen LogP contribution in [0.15, 0.2) is 78.9 Å². The van der Waals surface area contributed by atoms with Gasteiger partial charge in [0, 0.05) is 6.07 Å². The summed E-state index contributed by atoms with van der Waals surface area (Å²) in [5, 5.41) is 6.85. The lowest BCUT2D eigenvalue weighted by molar-refractivity contribution is 0.291. The number of thioether (sulfide) groups is 1. The SMILES string of the molecule is CC(Oc1cc(Oc2ccccc2)ccc1Oc1ccccc1)SCc1n[nH]c(=S)[nH]1. The second-order valence-corrected chi connectivity index (χ2v) is 8.25. The Balaban J connectivity index is 1.52. The predicted octanol–water partition coefficient (Wildman–Crippen LogP) is 6.71. The predicted molar refractivity (Wildman–Crippen MR) is 125 cm³/mol. The molecule has 1 aromatic heterocycles. The number of hydrogen-bond donors (Lipinski definition) is 2. The lowest BCUT2D eigenvalue weighted by atomic mass is 10.3. The van der Waals surface area contributed by atoms with Gasteiger partial charge >= 0.3 is 0 Å². The first-order valence-electron chi connectivity index (χ1n) is 9.67. The Morgan fingerprint density at radius 1 is 0.871 bits per heavy atom. The number of ether oxygens (including phenoxy) is 3. The molecule has 158 valence electrons. The second-order valence-electron chi connectivity index (χ2n) is 6.56. The van der Waals surface area contributed by atoms with Crippen LogP contribution in [0.1, 0.15) is 12.7 Å². The molecule has 8 heteroatoms. The normalized spacial score (nSPS) is 11.6. The van der Waals surface area contributed by atoms with E-state index in [1.165, 1.54) is 0 Å². The molecule has 0 spiro atoms. The summed E-state index contributed by atoms with van der Waals surface area (Å²) >= 11 is 6.60. The van der Waals surface area contributed by atoms with Crippen LogP contribution in [-0.2, 0) is 5.75 Å². The Morgan fingerprint density at radius 2 is 1.55 bits per heavy atom. The van der Waals surface area contributed by atoms with E-state index in [1.807, 2.05) is 85.8 Å². The van der Waals surface area contributed by atoms with E-state index in [0.29, 0.717) is 27.8 Å². The van der Waals surface area contributed by atoms with Crippen molar-refractivity contribution in [1.82, 2.24) is 15.2 Å². The van der Waals surface area contributed by atoms with Crippen molar-refractivity contribution in [3.8, 4) is 28.7 Å². The Bertz CT molecular complexity index is 1160. The number of nitrogens with zero attached hydrogens (tertiary/aromatic N) is 1. The first-order valence-corrected chi connectivity index (χ1v) is 11.1. The molecule has 1 heterocycles. The minimum atomic E-state index is -0.163. The van der Waals surface area contributed by atoms with Crippen LogP contribution in [0, 0.1) is 4.77 Å². The van der Waals surface area contributed by atoms with Crippen molar-refractivity contribution in [3.63, 3.8) is 0 Å². The second kappa shape index (κ2) is 10.2. The van der Waals surface area contributed by atoms with Crippen molar-refractivity contribution in [2.45, 2.75) is 18.1 Å². The zero-order valence-corrected chi connectivity index (χ0v) is 18.4. The van der Waals surface area contributed by atoms with E-state index in [1.54, 1.807) is 11.8 Å². The topological polar surface area (TPSA) is 72.2 Å². The van der Waals surface area contributed by atoms with E-state index in [2.05, 4.69) is 15.2 Å². The molecule has 2 N–H and O–H groups in total.